The zero-order valence-electron chi connectivity index (χ0n) is 17.6. The van der Waals surface area contributed by atoms with Gasteiger partial charge in [0.1, 0.15) is 0 Å². The Labute approximate surface area is 169 Å². The number of likely N-dealkylation sites (tertiary alicyclic amines) is 1. The van der Waals surface area contributed by atoms with Crippen molar-refractivity contribution in [1.29, 1.82) is 0 Å². The molecule has 2 aromatic rings. The molecule has 152 valence electrons. The van der Waals surface area contributed by atoms with Crippen LogP contribution in [0.1, 0.15) is 33.3 Å². The van der Waals surface area contributed by atoms with E-state index in [2.05, 4.69) is 66.7 Å². The van der Waals surface area contributed by atoms with Gasteiger partial charge in [-0.2, -0.15) is 5.10 Å². The minimum absolute atomic E-state index is 0.445. The van der Waals surface area contributed by atoms with E-state index in [1.54, 1.807) is 0 Å². The second-order valence-corrected chi connectivity index (χ2v) is 7.92. The van der Waals surface area contributed by atoms with Gasteiger partial charge in [-0.05, 0) is 50.8 Å². The van der Waals surface area contributed by atoms with Gasteiger partial charge in [-0.25, -0.2) is 4.68 Å². The molecule has 2 atom stereocenters. The second kappa shape index (κ2) is 9.73. The number of guanidine groups is 1. The number of aromatic nitrogens is 2. The van der Waals surface area contributed by atoms with E-state index in [4.69, 9.17) is 4.99 Å². The fourth-order valence-electron chi connectivity index (χ4n) is 3.62. The first-order valence-electron chi connectivity index (χ1n) is 10.4. The van der Waals surface area contributed by atoms with Crippen LogP contribution in [0, 0.1) is 5.92 Å². The highest BCUT2D eigenvalue weighted by molar-refractivity contribution is 5.80. The first kappa shape index (κ1) is 20.4. The molecular formula is C22H34N6. The third-order valence-electron chi connectivity index (χ3n) is 5.36. The van der Waals surface area contributed by atoms with Gasteiger partial charge in [-0.3, -0.25) is 9.89 Å². The molecule has 3 rings (SSSR count). The van der Waals surface area contributed by atoms with Crippen molar-refractivity contribution in [3.05, 3.63) is 48.3 Å². The standard InChI is InChI=1S/C22H34N6/c1-5-23-22(26-21-16-27(17(2)3)14-18(21)4)24-12-11-19-13-25-28(15-19)20-9-7-6-8-10-20/h6-10,13,15,17-18,21H,5,11-12,14,16H2,1-4H3,(H2,23,24,26). The first-order valence-corrected chi connectivity index (χ1v) is 10.4. The number of hydrogen-bond donors (Lipinski definition) is 2. The maximum Gasteiger partial charge on any atom is 0.191 e. The summed E-state index contributed by atoms with van der Waals surface area (Å²) in [7, 11) is 0. The van der Waals surface area contributed by atoms with E-state index in [1.165, 1.54) is 5.56 Å². The highest BCUT2D eigenvalue weighted by Gasteiger charge is 2.31. The summed E-state index contributed by atoms with van der Waals surface area (Å²) in [5, 5.41) is 11.5. The van der Waals surface area contributed by atoms with Crippen molar-refractivity contribution in [2.24, 2.45) is 10.9 Å². The summed E-state index contributed by atoms with van der Waals surface area (Å²) in [6, 6.07) is 11.2. The van der Waals surface area contributed by atoms with Gasteiger partial charge in [0.25, 0.3) is 0 Å². The number of aliphatic imine (C=N–C) groups is 1. The Kier molecular flexibility index (Phi) is 7.09. The molecule has 1 aliphatic heterocycles. The Morgan fingerprint density at radius 2 is 2.04 bits per heavy atom. The van der Waals surface area contributed by atoms with Gasteiger partial charge in [-0.15, -0.1) is 0 Å². The summed E-state index contributed by atoms with van der Waals surface area (Å²) in [5.41, 5.74) is 2.28. The van der Waals surface area contributed by atoms with Crippen molar-refractivity contribution in [3.63, 3.8) is 0 Å². The van der Waals surface area contributed by atoms with Gasteiger partial charge in [0.05, 0.1) is 11.9 Å². The van der Waals surface area contributed by atoms with Gasteiger partial charge in [0.2, 0.25) is 0 Å². The third kappa shape index (κ3) is 5.35. The minimum Gasteiger partial charge on any atom is -0.357 e. The largest absolute Gasteiger partial charge is 0.357 e. The van der Waals surface area contributed by atoms with Crippen LogP contribution in [0.15, 0.2) is 47.7 Å². The summed E-state index contributed by atoms with van der Waals surface area (Å²) in [4.78, 5) is 7.33. The zero-order valence-corrected chi connectivity index (χ0v) is 17.6. The van der Waals surface area contributed by atoms with Crippen LogP contribution in [0.2, 0.25) is 0 Å². The summed E-state index contributed by atoms with van der Waals surface area (Å²) in [6.07, 6.45) is 4.90. The summed E-state index contributed by atoms with van der Waals surface area (Å²) >= 11 is 0. The minimum atomic E-state index is 0.445. The molecule has 2 heterocycles. The van der Waals surface area contributed by atoms with Crippen LogP contribution < -0.4 is 10.6 Å². The molecule has 6 heteroatoms. The van der Waals surface area contributed by atoms with Crippen molar-refractivity contribution in [2.75, 3.05) is 26.2 Å². The lowest BCUT2D eigenvalue weighted by Crippen LogP contribution is -2.46. The Morgan fingerprint density at radius 3 is 2.71 bits per heavy atom. The van der Waals surface area contributed by atoms with Gasteiger partial charge in [0, 0.05) is 44.5 Å². The molecular weight excluding hydrogens is 348 g/mol. The lowest BCUT2D eigenvalue weighted by atomic mass is 10.1. The number of nitrogens with zero attached hydrogens (tertiary/aromatic N) is 4. The van der Waals surface area contributed by atoms with Crippen LogP contribution in [0.25, 0.3) is 5.69 Å². The SMILES string of the molecule is CCNC(=NCCc1cnn(-c2ccccc2)c1)NC1CN(C(C)C)CC1C. The van der Waals surface area contributed by atoms with Crippen molar-refractivity contribution in [1.82, 2.24) is 25.3 Å². The van der Waals surface area contributed by atoms with Crippen LogP contribution in [0.5, 0.6) is 0 Å². The van der Waals surface area contributed by atoms with Crippen LogP contribution in [-0.4, -0.2) is 58.9 Å². The van der Waals surface area contributed by atoms with Crippen LogP contribution in [-0.2, 0) is 6.42 Å². The van der Waals surface area contributed by atoms with Crippen LogP contribution in [0.3, 0.4) is 0 Å². The molecule has 1 aromatic heterocycles. The zero-order chi connectivity index (χ0) is 19.9. The van der Waals surface area contributed by atoms with E-state index in [1.807, 2.05) is 29.1 Å². The Morgan fingerprint density at radius 1 is 1.25 bits per heavy atom. The predicted molar refractivity (Wildman–Crippen MR) is 116 cm³/mol. The molecule has 0 saturated carbocycles. The fraction of sp³-hybridized carbons (Fsp3) is 0.545. The molecule has 2 unspecified atom stereocenters. The number of para-hydroxylation sites is 1. The molecule has 0 radical (unpaired) electrons. The Hall–Kier alpha value is -2.34. The molecule has 2 N–H and O–H groups in total. The number of nitrogens with one attached hydrogen (secondary N) is 2. The van der Waals surface area contributed by atoms with E-state index in [0.717, 1.165) is 44.2 Å². The smallest absolute Gasteiger partial charge is 0.191 e. The van der Waals surface area contributed by atoms with E-state index < -0.39 is 0 Å². The summed E-state index contributed by atoms with van der Waals surface area (Å²) < 4.78 is 1.92. The average Bonchev–Trinajstić information content (AvgIpc) is 3.30. The summed E-state index contributed by atoms with van der Waals surface area (Å²) in [5.74, 6) is 1.54. The topological polar surface area (TPSA) is 57.5 Å². The van der Waals surface area contributed by atoms with Gasteiger partial charge in [-0.1, -0.05) is 25.1 Å². The monoisotopic (exact) mass is 382 g/mol. The molecule has 0 spiro atoms. The third-order valence-corrected chi connectivity index (χ3v) is 5.36. The molecule has 1 aromatic carbocycles. The van der Waals surface area contributed by atoms with E-state index in [0.29, 0.717) is 18.0 Å². The second-order valence-electron chi connectivity index (χ2n) is 7.92. The lowest BCUT2D eigenvalue weighted by Gasteiger charge is -2.21. The maximum atomic E-state index is 4.80. The van der Waals surface area contributed by atoms with Crippen LogP contribution >= 0.6 is 0 Å². The van der Waals surface area contributed by atoms with E-state index >= 15 is 0 Å². The summed E-state index contributed by atoms with van der Waals surface area (Å²) in [6.45, 7) is 12.8. The molecule has 1 saturated heterocycles. The van der Waals surface area contributed by atoms with Crippen molar-refractivity contribution >= 4 is 5.96 Å². The lowest BCUT2D eigenvalue weighted by molar-refractivity contribution is 0.265. The first-order chi connectivity index (χ1) is 13.6. The van der Waals surface area contributed by atoms with Gasteiger partial charge < -0.3 is 10.6 Å². The normalized spacial score (nSPS) is 20.7. The molecule has 0 aliphatic carbocycles. The average molecular weight is 383 g/mol. The van der Waals surface area contributed by atoms with E-state index in [-0.39, 0.29) is 0 Å². The number of benzene rings is 1. The molecule has 1 fully saturated rings. The van der Waals surface area contributed by atoms with Crippen molar-refractivity contribution in [3.8, 4) is 5.69 Å². The maximum absolute atomic E-state index is 4.80. The number of rotatable bonds is 7. The van der Waals surface area contributed by atoms with Gasteiger partial charge >= 0.3 is 0 Å². The van der Waals surface area contributed by atoms with Crippen molar-refractivity contribution < 1.29 is 0 Å². The molecule has 0 bridgehead atoms. The fourth-order valence-corrected chi connectivity index (χ4v) is 3.62. The van der Waals surface area contributed by atoms with Crippen LogP contribution in [0.4, 0.5) is 0 Å². The molecule has 0 amide bonds. The molecule has 6 nitrogen and oxygen atoms in total. The number of hydrogen-bond acceptors (Lipinski definition) is 3. The Balaban J connectivity index is 1.56. The quantitative estimate of drug-likeness (QED) is 0.571. The van der Waals surface area contributed by atoms with Crippen molar-refractivity contribution in [2.45, 2.75) is 46.2 Å². The van der Waals surface area contributed by atoms with E-state index in [9.17, 15) is 0 Å². The van der Waals surface area contributed by atoms with Gasteiger partial charge in [0.15, 0.2) is 5.96 Å². The predicted octanol–water partition coefficient (Wildman–Crippen LogP) is 2.70. The molecule has 28 heavy (non-hydrogen) atoms. The highest BCUT2D eigenvalue weighted by atomic mass is 15.3. The molecule has 1 aliphatic rings. The highest BCUT2D eigenvalue weighted by Crippen LogP contribution is 2.18. The Bertz CT molecular complexity index is 751.